The zero-order chi connectivity index (χ0) is 10.9. The van der Waals surface area contributed by atoms with Gasteiger partial charge in [0, 0.05) is 5.69 Å². The summed E-state index contributed by atoms with van der Waals surface area (Å²) in [5, 5.41) is 0. The summed E-state index contributed by atoms with van der Waals surface area (Å²) in [6.07, 6.45) is 9.53. The monoisotopic (exact) mass is 203 g/mol. The van der Waals surface area contributed by atoms with E-state index in [4.69, 9.17) is 5.73 Å². The molecule has 1 rings (SSSR count). The van der Waals surface area contributed by atoms with Gasteiger partial charge in [0.1, 0.15) is 0 Å². The van der Waals surface area contributed by atoms with Gasteiger partial charge in [0.2, 0.25) is 0 Å². The van der Waals surface area contributed by atoms with Gasteiger partial charge in [-0.25, -0.2) is 0 Å². The van der Waals surface area contributed by atoms with Crippen LogP contribution in [0.4, 0.5) is 5.69 Å². The molecule has 0 heterocycles. The van der Waals surface area contributed by atoms with E-state index in [0.29, 0.717) is 0 Å². The van der Waals surface area contributed by atoms with Crippen molar-refractivity contribution in [3.8, 4) is 0 Å². The Morgan fingerprint density at radius 1 is 1.00 bits per heavy atom. The van der Waals surface area contributed by atoms with E-state index in [0.717, 1.165) is 12.1 Å². The molecule has 0 bridgehead atoms. The topological polar surface area (TPSA) is 26.0 Å². The van der Waals surface area contributed by atoms with E-state index in [1.165, 1.54) is 37.7 Å². The number of allylic oxidation sites excluding steroid dienone is 1. The Morgan fingerprint density at radius 2 is 1.67 bits per heavy atom. The van der Waals surface area contributed by atoms with Gasteiger partial charge in [-0.05, 0) is 43.4 Å². The second-order valence-corrected chi connectivity index (χ2v) is 3.98. The summed E-state index contributed by atoms with van der Waals surface area (Å²) < 4.78 is 0. The molecule has 1 aromatic carbocycles. The molecule has 1 heteroatoms. The molecule has 0 saturated carbocycles. The zero-order valence-electron chi connectivity index (χ0n) is 9.41. The van der Waals surface area contributed by atoms with E-state index >= 15 is 0 Å². The SMILES string of the molecule is C=CCCCCCCc1ccc(N)cc1. The maximum atomic E-state index is 5.63. The molecule has 0 unspecified atom stereocenters. The highest BCUT2D eigenvalue weighted by Gasteiger charge is 1.93. The second kappa shape index (κ2) is 7.10. The lowest BCUT2D eigenvalue weighted by Gasteiger charge is -2.02. The highest BCUT2D eigenvalue weighted by Crippen LogP contribution is 2.11. The summed E-state index contributed by atoms with van der Waals surface area (Å²) in [5.41, 5.74) is 7.87. The smallest absolute Gasteiger partial charge is 0.0314 e. The van der Waals surface area contributed by atoms with Gasteiger partial charge < -0.3 is 5.73 Å². The predicted octanol–water partition coefficient (Wildman–Crippen LogP) is 3.95. The minimum absolute atomic E-state index is 0.852. The first-order chi connectivity index (χ1) is 7.33. The van der Waals surface area contributed by atoms with Crippen LogP contribution in [-0.4, -0.2) is 0 Å². The van der Waals surface area contributed by atoms with Crippen LogP contribution in [0.5, 0.6) is 0 Å². The van der Waals surface area contributed by atoms with Crippen LogP contribution in [0.15, 0.2) is 36.9 Å². The number of hydrogen-bond donors (Lipinski definition) is 1. The largest absolute Gasteiger partial charge is 0.399 e. The molecular weight excluding hydrogens is 182 g/mol. The van der Waals surface area contributed by atoms with Crippen molar-refractivity contribution in [2.24, 2.45) is 0 Å². The molecule has 2 N–H and O–H groups in total. The molecule has 0 spiro atoms. The first-order valence-corrected chi connectivity index (χ1v) is 5.78. The number of aryl methyl sites for hydroxylation is 1. The lowest BCUT2D eigenvalue weighted by Crippen LogP contribution is -1.88. The number of rotatable bonds is 7. The summed E-state index contributed by atoms with van der Waals surface area (Å²) in [6.45, 7) is 3.72. The molecule has 0 aromatic heterocycles. The Kier molecular flexibility index (Phi) is 5.60. The summed E-state index contributed by atoms with van der Waals surface area (Å²) in [6, 6.07) is 8.21. The van der Waals surface area contributed by atoms with Gasteiger partial charge in [-0.1, -0.05) is 31.1 Å². The van der Waals surface area contributed by atoms with Crippen molar-refractivity contribution in [2.75, 3.05) is 5.73 Å². The fraction of sp³-hybridized carbons (Fsp3) is 0.429. The van der Waals surface area contributed by atoms with Crippen LogP contribution in [-0.2, 0) is 6.42 Å². The molecule has 0 fully saturated rings. The Bertz CT molecular complexity index is 274. The van der Waals surface area contributed by atoms with E-state index in [9.17, 15) is 0 Å². The van der Waals surface area contributed by atoms with Gasteiger partial charge in [-0.2, -0.15) is 0 Å². The number of anilines is 1. The average molecular weight is 203 g/mol. The molecule has 1 nitrogen and oxygen atoms in total. The molecule has 15 heavy (non-hydrogen) atoms. The summed E-state index contributed by atoms with van der Waals surface area (Å²) >= 11 is 0. The Morgan fingerprint density at radius 3 is 2.33 bits per heavy atom. The van der Waals surface area contributed by atoms with Crippen LogP contribution < -0.4 is 5.73 Å². The Balaban J connectivity index is 2.09. The zero-order valence-corrected chi connectivity index (χ0v) is 9.41. The van der Waals surface area contributed by atoms with E-state index < -0.39 is 0 Å². The molecule has 0 aliphatic heterocycles. The molecule has 0 saturated heterocycles. The summed E-state index contributed by atoms with van der Waals surface area (Å²) in [5.74, 6) is 0. The van der Waals surface area contributed by atoms with Crippen LogP contribution in [0.25, 0.3) is 0 Å². The third-order valence-electron chi connectivity index (χ3n) is 2.60. The summed E-state index contributed by atoms with van der Waals surface area (Å²) in [4.78, 5) is 0. The van der Waals surface area contributed by atoms with Crippen molar-refractivity contribution in [1.82, 2.24) is 0 Å². The van der Waals surface area contributed by atoms with Gasteiger partial charge in [0.25, 0.3) is 0 Å². The van der Waals surface area contributed by atoms with Gasteiger partial charge in [0.05, 0.1) is 0 Å². The van der Waals surface area contributed by atoms with Crippen molar-refractivity contribution in [3.05, 3.63) is 42.5 Å². The molecule has 0 atom stereocenters. The standard InChI is InChI=1S/C14H21N/c1-2-3-4-5-6-7-8-13-9-11-14(15)12-10-13/h2,9-12H,1,3-8,15H2. The first kappa shape index (κ1) is 11.8. The van der Waals surface area contributed by atoms with Crippen molar-refractivity contribution in [2.45, 2.75) is 38.5 Å². The van der Waals surface area contributed by atoms with Gasteiger partial charge in [-0.3, -0.25) is 0 Å². The second-order valence-electron chi connectivity index (χ2n) is 3.98. The van der Waals surface area contributed by atoms with Crippen molar-refractivity contribution >= 4 is 5.69 Å². The van der Waals surface area contributed by atoms with Gasteiger partial charge in [0.15, 0.2) is 0 Å². The van der Waals surface area contributed by atoms with E-state index in [1.54, 1.807) is 0 Å². The van der Waals surface area contributed by atoms with Crippen LogP contribution in [0.1, 0.15) is 37.7 Å². The number of nitrogen functional groups attached to an aromatic ring is 1. The molecule has 82 valence electrons. The highest BCUT2D eigenvalue weighted by molar-refractivity contribution is 5.39. The number of unbranched alkanes of at least 4 members (excludes halogenated alkanes) is 4. The van der Waals surface area contributed by atoms with Crippen molar-refractivity contribution in [1.29, 1.82) is 0 Å². The quantitative estimate of drug-likeness (QED) is 0.405. The normalized spacial score (nSPS) is 10.1. The fourth-order valence-corrected chi connectivity index (χ4v) is 1.66. The van der Waals surface area contributed by atoms with E-state index in [-0.39, 0.29) is 0 Å². The summed E-state index contributed by atoms with van der Waals surface area (Å²) in [7, 11) is 0. The van der Waals surface area contributed by atoms with Crippen LogP contribution >= 0.6 is 0 Å². The van der Waals surface area contributed by atoms with Crippen LogP contribution in [0.2, 0.25) is 0 Å². The third kappa shape index (κ3) is 5.26. The number of nitrogens with two attached hydrogens (primary N) is 1. The van der Waals surface area contributed by atoms with Crippen molar-refractivity contribution < 1.29 is 0 Å². The molecule has 1 aromatic rings. The lowest BCUT2D eigenvalue weighted by atomic mass is 10.1. The average Bonchev–Trinajstić information content (AvgIpc) is 2.26. The molecule has 0 aliphatic rings. The molecule has 0 radical (unpaired) electrons. The number of benzene rings is 1. The Labute approximate surface area is 93.0 Å². The highest BCUT2D eigenvalue weighted by atomic mass is 14.5. The first-order valence-electron chi connectivity index (χ1n) is 5.78. The Hall–Kier alpha value is -1.24. The minimum atomic E-state index is 0.852. The van der Waals surface area contributed by atoms with Crippen LogP contribution in [0.3, 0.4) is 0 Å². The minimum Gasteiger partial charge on any atom is -0.399 e. The molecular formula is C14H21N. The molecule has 0 aliphatic carbocycles. The van der Waals surface area contributed by atoms with Crippen LogP contribution in [0, 0.1) is 0 Å². The fourth-order valence-electron chi connectivity index (χ4n) is 1.66. The van der Waals surface area contributed by atoms with E-state index in [1.807, 2.05) is 18.2 Å². The van der Waals surface area contributed by atoms with Crippen molar-refractivity contribution in [3.63, 3.8) is 0 Å². The van der Waals surface area contributed by atoms with E-state index in [2.05, 4.69) is 18.7 Å². The molecule has 0 amide bonds. The maximum Gasteiger partial charge on any atom is 0.0314 e. The maximum absolute atomic E-state index is 5.63. The predicted molar refractivity (Wildman–Crippen MR) is 67.8 cm³/mol. The third-order valence-corrected chi connectivity index (χ3v) is 2.60. The van der Waals surface area contributed by atoms with Gasteiger partial charge in [-0.15, -0.1) is 6.58 Å². The lowest BCUT2D eigenvalue weighted by molar-refractivity contribution is 0.646. The van der Waals surface area contributed by atoms with Gasteiger partial charge >= 0.3 is 0 Å². The number of hydrogen-bond acceptors (Lipinski definition) is 1.